The van der Waals surface area contributed by atoms with Crippen molar-refractivity contribution in [1.29, 1.82) is 0 Å². The van der Waals surface area contributed by atoms with Crippen LogP contribution in [0.3, 0.4) is 0 Å². The molecule has 1 N–H and O–H groups in total. The molecule has 1 spiro atoms. The highest BCUT2D eigenvalue weighted by Crippen LogP contribution is 2.49. The third-order valence-corrected chi connectivity index (χ3v) is 4.50. The molecule has 0 bridgehead atoms. The molecule has 0 aromatic heterocycles. The van der Waals surface area contributed by atoms with E-state index in [0.717, 1.165) is 25.9 Å². The van der Waals surface area contributed by atoms with Crippen LogP contribution in [0, 0.1) is 0 Å². The maximum atomic E-state index is 4.27. The minimum atomic E-state index is 0.140. The van der Waals surface area contributed by atoms with Crippen LogP contribution in [0.1, 0.15) is 37.8 Å². The molecule has 2 heterocycles. The van der Waals surface area contributed by atoms with Crippen molar-refractivity contribution in [2.24, 2.45) is 0 Å². The minimum Gasteiger partial charge on any atom is -0.358 e. The van der Waals surface area contributed by atoms with Crippen LogP contribution in [0.5, 0.6) is 0 Å². The van der Waals surface area contributed by atoms with E-state index in [-0.39, 0.29) is 5.41 Å². The van der Waals surface area contributed by atoms with Crippen molar-refractivity contribution in [2.45, 2.75) is 32.1 Å². The van der Waals surface area contributed by atoms with Gasteiger partial charge in [0, 0.05) is 16.8 Å². The van der Waals surface area contributed by atoms with Gasteiger partial charge < -0.3 is 10.2 Å². The number of fused-ring (bicyclic) bond motifs is 2. The quantitative estimate of drug-likeness (QED) is 0.820. The molecule has 0 radical (unpaired) electrons. The molecule has 1 fully saturated rings. The second-order valence-electron chi connectivity index (χ2n) is 5.50. The van der Waals surface area contributed by atoms with Gasteiger partial charge in [-0.15, -0.1) is 0 Å². The molecular weight excluding hydrogens is 244 g/mol. The Kier molecular flexibility index (Phi) is 4.34. The Bertz CT molecular complexity index is 508. The normalized spacial score (nSPS) is 19.9. The summed E-state index contributed by atoms with van der Waals surface area (Å²) >= 11 is 0. The van der Waals surface area contributed by atoms with Gasteiger partial charge in [0.25, 0.3) is 0 Å². The maximum absolute atomic E-state index is 4.27. The van der Waals surface area contributed by atoms with Crippen LogP contribution >= 0.6 is 0 Å². The molecule has 108 valence electrons. The van der Waals surface area contributed by atoms with Gasteiger partial charge in [0.05, 0.1) is 0 Å². The Morgan fingerprint density at radius 1 is 1.25 bits per heavy atom. The van der Waals surface area contributed by atoms with E-state index in [4.69, 9.17) is 0 Å². The smallest absolute Gasteiger partial charge is 0.0424 e. The standard InChI is InChI=1S/C16H20N2.C2H6/c1-4-13-5-6-15-14(11-13)16(12(2)17-15)7-9-18(3)10-8-16;1-2/h4-6,11,17H,1-2,7-10H2,3H3;1-2H3. The fourth-order valence-electron chi connectivity index (χ4n) is 3.21. The molecule has 1 aromatic rings. The zero-order chi connectivity index (χ0) is 14.8. The second kappa shape index (κ2) is 5.84. The van der Waals surface area contributed by atoms with E-state index >= 15 is 0 Å². The van der Waals surface area contributed by atoms with Crippen molar-refractivity contribution in [3.05, 3.63) is 48.2 Å². The predicted molar refractivity (Wildman–Crippen MR) is 89.1 cm³/mol. The Labute approximate surface area is 123 Å². The molecule has 20 heavy (non-hydrogen) atoms. The molecule has 2 aliphatic heterocycles. The molecule has 0 aliphatic carbocycles. The molecule has 2 aliphatic rings. The van der Waals surface area contributed by atoms with Crippen molar-refractivity contribution in [3.8, 4) is 0 Å². The Balaban J connectivity index is 0.000000704. The predicted octanol–water partition coefficient (Wildman–Crippen LogP) is 4.26. The van der Waals surface area contributed by atoms with E-state index in [1.54, 1.807) is 0 Å². The van der Waals surface area contributed by atoms with Crippen molar-refractivity contribution < 1.29 is 0 Å². The molecule has 0 saturated carbocycles. The Morgan fingerprint density at radius 2 is 1.90 bits per heavy atom. The number of nitrogens with zero attached hydrogens (tertiary/aromatic N) is 1. The van der Waals surface area contributed by atoms with Crippen molar-refractivity contribution in [3.63, 3.8) is 0 Å². The van der Waals surface area contributed by atoms with Crippen LogP contribution in [0.25, 0.3) is 6.08 Å². The van der Waals surface area contributed by atoms with Gasteiger partial charge >= 0.3 is 0 Å². The first-order chi connectivity index (χ1) is 9.65. The number of allylic oxidation sites excluding steroid dienone is 1. The fourth-order valence-corrected chi connectivity index (χ4v) is 3.21. The lowest BCUT2D eigenvalue weighted by atomic mass is 9.72. The van der Waals surface area contributed by atoms with Crippen LogP contribution in [0.15, 0.2) is 37.1 Å². The summed E-state index contributed by atoms with van der Waals surface area (Å²) in [5.41, 5.74) is 5.16. The number of nitrogens with one attached hydrogen (secondary N) is 1. The van der Waals surface area contributed by atoms with Gasteiger partial charge in [0.2, 0.25) is 0 Å². The van der Waals surface area contributed by atoms with Crippen LogP contribution in [-0.4, -0.2) is 25.0 Å². The van der Waals surface area contributed by atoms with Gasteiger partial charge in [-0.25, -0.2) is 0 Å². The van der Waals surface area contributed by atoms with Crippen LogP contribution < -0.4 is 5.32 Å². The topological polar surface area (TPSA) is 15.3 Å². The van der Waals surface area contributed by atoms with Crippen LogP contribution in [-0.2, 0) is 5.41 Å². The highest BCUT2D eigenvalue weighted by molar-refractivity contribution is 5.71. The van der Waals surface area contributed by atoms with Gasteiger partial charge in [-0.1, -0.05) is 39.1 Å². The summed E-state index contributed by atoms with van der Waals surface area (Å²) in [4.78, 5) is 2.40. The number of likely N-dealkylation sites (tertiary alicyclic amines) is 1. The van der Waals surface area contributed by atoms with Crippen LogP contribution in [0.4, 0.5) is 5.69 Å². The summed E-state index contributed by atoms with van der Waals surface area (Å²) in [5, 5.41) is 3.48. The van der Waals surface area contributed by atoms with E-state index in [1.807, 2.05) is 19.9 Å². The molecule has 2 nitrogen and oxygen atoms in total. The first kappa shape index (κ1) is 14.9. The number of benzene rings is 1. The van der Waals surface area contributed by atoms with E-state index in [0.29, 0.717) is 0 Å². The van der Waals surface area contributed by atoms with Gasteiger partial charge in [0.1, 0.15) is 0 Å². The molecule has 2 heteroatoms. The number of piperidine rings is 1. The monoisotopic (exact) mass is 270 g/mol. The highest BCUT2D eigenvalue weighted by atomic mass is 15.1. The summed E-state index contributed by atoms with van der Waals surface area (Å²) in [6.45, 7) is 14.4. The lowest BCUT2D eigenvalue weighted by molar-refractivity contribution is 0.215. The van der Waals surface area contributed by atoms with Gasteiger partial charge in [-0.05, 0) is 56.2 Å². The third kappa shape index (κ3) is 2.29. The fraction of sp³-hybridized carbons (Fsp3) is 0.444. The number of hydrogen-bond acceptors (Lipinski definition) is 2. The van der Waals surface area contributed by atoms with Crippen molar-refractivity contribution >= 4 is 11.8 Å². The van der Waals surface area contributed by atoms with E-state index in [2.05, 4.69) is 48.6 Å². The number of hydrogen-bond donors (Lipinski definition) is 1. The van der Waals surface area contributed by atoms with Crippen molar-refractivity contribution in [1.82, 2.24) is 4.90 Å². The first-order valence-electron chi connectivity index (χ1n) is 7.58. The molecule has 0 unspecified atom stereocenters. The van der Waals surface area contributed by atoms with E-state index in [1.165, 1.54) is 22.5 Å². The second-order valence-corrected chi connectivity index (χ2v) is 5.50. The lowest BCUT2D eigenvalue weighted by Gasteiger charge is -2.38. The lowest BCUT2D eigenvalue weighted by Crippen LogP contribution is -2.40. The van der Waals surface area contributed by atoms with E-state index in [9.17, 15) is 0 Å². The number of rotatable bonds is 1. The summed E-state index contributed by atoms with van der Waals surface area (Å²) in [5.74, 6) is 0. The number of anilines is 1. The van der Waals surface area contributed by atoms with Gasteiger partial charge in [-0.2, -0.15) is 0 Å². The molecular formula is C18H26N2. The first-order valence-corrected chi connectivity index (χ1v) is 7.58. The molecule has 0 atom stereocenters. The van der Waals surface area contributed by atoms with E-state index < -0.39 is 0 Å². The average molecular weight is 270 g/mol. The summed E-state index contributed by atoms with van der Waals surface area (Å²) < 4.78 is 0. The van der Waals surface area contributed by atoms with Gasteiger partial charge in [0.15, 0.2) is 0 Å². The highest BCUT2D eigenvalue weighted by Gasteiger charge is 2.43. The average Bonchev–Trinajstić information content (AvgIpc) is 2.76. The molecule has 1 saturated heterocycles. The Hall–Kier alpha value is -1.54. The third-order valence-electron chi connectivity index (χ3n) is 4.50. The zero-order valence-electron chi connectivity index (χ0n) is 13.0. The van der Waals surface area contributed by atoms with Gasteiger partial charge in [-0.3, -0.25) is 0 Å². The summed E-state index contributed by atoms with van der Waals surface area (Å²) in [6, 6.07) is 6.55. The minimum absolute atomic E-state index is 0.140. The van der Waals surface area contributed by atoms with Crippen molar-refractivity contribution in [2.75, 3.05) is 25.5 Å². The SMILES string of the molecule is C=Cc1ccc2c(c1)C1(CCN(C)CC1)C(=C)N2.CC. The summed E-state index contributed by atoms with van der Waals surface area (Å²) in [7, 11) is 2.19. The molecule has 0 amide bonds. The maximum Gasteiger partial charge on any atom is 0.0424 e. The summed E-state index contributed by atoms with van der Waals surface area (Å²) in [6.07, 6.45) is 4.23. The molecule has 1 aromatic carbocycles. The largest absolute Gasteiger partial charge is 0.358 e. The zero-order valence-corrected chi connectivity index (χ0v) is 13.0. The molecule has 3 rings (SSSR count). The van der Waals surface area contributed by atoms with Crippen LogP contribution in [0.2, 0.25) is 0 Å². The Morgan fingerprint density at radius 3 is 2.50 bits per heavy atom.